The van der Waals surface area contributed by atoms with Gasteiger partial charge in [-0.15, -0.1) is 17.2 Å². The summed E-state index contributed by atoms with van der Waals surface area (Å²) in [4.78, 5) is 0. The molecule has 6 nitrogen and oxygen atoms in total. The third-order valence-corrected chi connectivity index (χ3v) is 6.74. The van der Waals surface area contributed by atoms with Gasteiger partial charge in [-0.2, -0.15) is 0 Å². The number of nitrogens with two attached hydrogens (primary N) is 1. The van der Waals surface area contributed by atoms with Crippen LogP contribution >= 0.6 is 17.2 Å². The van der Waals surface area contributed by atoms with E-state index in [9.17, 15) is 0 Å². The van der Waals surface area contributed by atoms with E-state index in [1.54, 1.807) is 28.4 Å². The molecule has 2 N–H and O–H groups in total. The zero-order chi connectivity index (χ0) is 19.5. The Morgan fingerprint density at radius 2 is 1.31 bits per heavy atom. The Labute approximate surface area is 164 Å². The van der Waals surface area contributed by atoms with E-state index in [-0.39, 0.29) is 12.6 Å². The first-order chi connectivity index (χ1) is 12.7. The minimum Gasteiger partial charge on any atom is -0.378 e. The molecule has 158 valence electrons. The first kappa shape index (κ1) is 26.6. The van der Waals surface area contributed by atoms with Crippen LogP contribution in [0.5, 0.6) is 0 Å². The van der Waals surface area contributed by atoms with Crippen LogP contribution in [0.1, 0.15) is 32.1 Å². The highest BCUT2D eigenvalue weighted by atomic mass is 31.1. The molecular weight excluding hydrogens is 372 g/mol. The van der Waals surface area contributed by atoms with Crippen LogP contribution in [0.15, 0.2) is 0 Å². The predicted octanol–water partition coefficient (Wildman–Crippen LogP) is 2.88. The normalized spacial score (nSPS) is 14.0. The first-order valence-electron chi connectivity index (χ1n) is 9.56. The molecule has 0 aromatic heterocycles. The maximum atomic E-state index is 6.05. The van der Waals surface area contributed by atoms with Gasteiger partial charge < -0.3 is 29.4 Å². The summed E-state index contributed by atoms with van der Waals surface area (Å²) in [6.45, 7) is 1.47. The van der Waals surface area contributed by atoms with E-state index in [2.05, 4.69) is 0 Å². The topological polar surface area (TPSA) is 72.2 Å². The number of unbranched alkanes of at least 4 members (excludes halogenated alkanes) is 1. The molecule has 26 heavy (non-hydrogen) atoms. The smallest absolute Gasteiger partial charge is 0.160 e. The average Bonchev–Trinajstić information content (AvgIpc) is 2.67. The van der Waals surface area contributed by atoms with Crippen molar-refractivity contribution < 1.29 is 23.7 Å². The van der Waals surface area contributed by atoms with E-state index in [0.29, 0.717) is 12.6 Å². The fraction of sp³-hybridized carbons (Fsp3) is 1.00. The van der Waals surface area contributed by atoms with Crippen molar-refractivity contribution in [2.24, 2.45) is 5.73 Å². The van der Waals surface area contributed by atoms with Gasteiger partial charge in [0.1, 0.15) is 0 Å². The zero-order valence-electron chi connectivity index (χ0n) is 17.1. The molecule has 0 aromatic carbocycles. The van der Waals surface area contributed by atoms with Crippen LogP contribution in [0.3, 0.4) is 0 Å². The SMILES string of the molecule is COC(CPCCCCC(CCPCC(OC)OC)OCCCN)OC. The van der Waals surface area contributed by atoms with Gasteiger partial charge in [-0.1, -0.05) is 6.42 Å². The molecule has 0 saturated heterocycles. The molecule has 3 atom stereocenters. The Hall–Kier alpha value is 0.620. The highest BCUT2D eigenvalue weighted by Crippen LogP contribution is 2.21. The molecule has 0 saturated carbocycles. The Balaban J connectivity index is 3.88. The quantitative estimate of drug-likeness (QED) is 0.188. The highest BCUT2D eigenvalue weighted by Gasteiger charge is 2.11. The summed E-state index contributed by atoms with van der Waals surface area (Å²) < 4.78 is 27.0. The molecule has 0 amide bonds. The summed E-state index contributed by atoms with van der Waals surface area (Å²) in [5.74, 6) is 0. The molecule has 0 aromatic rings. The van der Waals surface area contributed by atoms with Gasteiger partial charge in [0.2, 0.25) is 0 Å². The van der Waals surface area contributed by atoms with Crippen molar-refractivity contribution in [2.45, 2.75) is 50.8 Å². The standard InChI is InChI=1S/C18H41NO5P2/c1-20-17(21-2)14-25-12-6-5-8-16(24-11-7-10-19)9-13-26-15-18(22-3)23-4/h16-18,25-26H,5-15,19H2,1-4H3. The summed E-state index contributed by atoms with van der Waals surface area (Å²) in [5.41, 5.74) is 5.58. The fourth-order valence-electron chi connectivity index (χ4n) is 2.50. The van der Waals surface area contributed by atoms with Crippen LogP contribution in [0.25, 0.3) is 0 Å². The number of hydrogen-bond acceptors (Lipinski definition) is 6. The van der Waals surface area contributed by atoms with Crippen molar-refractivity contribution in [1.29, 1.82) is 0 Å². The van der Waals surface area contributed by atoms with Crippen LogP contribution in [0.2, 0.25) is 0 Å². The lowest BCUT2D eigenvalue weighted by molar-refractivity contribution is -0.0848. The Morgan fingerprint density at radius 1 is 0.731 bits per heavy atom. The molecule has 0 aliphatic carbocycles. The minimum atomic E-state index is -0.0750. The third-order valence-electron chi connectivity index (χ3n) is 4.15. The largest absolute Gasteiger partial charge is 0.378 e. The number of rotatable bonds is 20. The molecular formula is C18H41NO5P2. The van der Waals surface area contributed by atoms with Gasteiger partial charge in [-0.05, 0) is 44.6 Å². The van der Waals surface area contributed by atoms with Crippen molar-refractivity contribution in [3.05, 3.63) is 0 Å². The first-order valence-corrected chi connectivity index (χ1v) is 12.4. The van der Waals surface area contributed by atoms with Gasteiger partial charge >= 0.3 is 0 Å². The van der Waals surface area contributed by atoms with Crippen molar-refractivity contribution >= 4 is 17.2 Å². The van der Waals surface area contributed by atoms with Crippen LogP contribution in [-0.2, 0) is 23.7 Å². The van der Waals surface area contributed by atoms with E-state index >= 15 is 0 Å². The zero-order valence-corrected chi connectivity index (χ0v) is 19.1. The summed E-state index contributed by atoms with van der Waals surface area (Å²) >= 11 is 0. The molecule has 0 aliphatic rings. The lowest BCUT2D eigenvalue weighted by atomic mass is 10.1. The van der Waals surface area contributed by atoms with Gasteiger partial charge in [0.25, 0.3) is 0 Å². The highest BCUT2D eigenvalue weighted by molar-refractivity contribution is 7.38. The Kier molecular flexibility index (Phi) is 20.8. The van der Waals surface area contributed by atoms with Gasteiger partial charge in [0.15, 0.2) is 12.6 Å². The number of methoxy groups -OCH3 is 4. The third kappa shape index (κ3) is 15.7. The van der Waals surface area contributed by atoms with E-state index in [1.807, 2.05) is 0 Å². The van der Waals surface area contributed by atoms with Gasteiger partial charge in [0.05, 0.1) is 6.10 Å². The maximum absolute atomic E-state index is 6.05. The molecule has 0 bridgehead atoms. The van der Waals surface area contributed by atoms with Crippen LogP contribution in [-0.4, -0.2) is 84.9 Å². The molecule has 0 fully saturated rings. The van der Waals surface area contributed by atoms with E-state index in [4.69, 9.17) is 29.4 Å². The van der Waals surface area contributed by atoms with Crippen molar-refractivity contribution in [2.75, 3.05) is 66.2 Å². The lowest BCUT2D eigenvalue weighted by Crippen LogP contribution is -2.18. The minimum absolute atomic E-state index is 0.0512. The molecule has 0 aliphatic heterocycles. The van der Waals surface area contributed by atoms with Crippen molar-refractivity contribution in [3.8, 4) is 0 Å². The lowest BCUT2D eigenvalue weighted by Gasteiger charge is -2.19. The van der Waals surface area contributed by atoms with Crippen molar-refractivity contribution in [3.63, 3.8) is 0 Å². The van der Waals surface area contributed by atoms with Gasteiger partial charge in [0, 0.05) is 47.4 Å². The van der Waals surface area contributed by atoms with Crippen LogP contribution in [0.4, 0.5) is 0 Å². The summed E-state index contributed by atoms with van der Waals surface area (Å²) in [5, 5.41) is 0. The van der Waals surface area contributed by atoms with Crippen molar-refractivity contribution in [1.82, 2.24) is 0 Å². The van der Waals surface area contributed by atoms with E-state index < -0.39 is 0 Å². The Morgan fingerprint density at radius 3 is 1.85 bits per heavy atom. The fourth-order valence-corrected chi connectivity index (χ4v) is 5.07. The van der Waals surface area contributed by atoms with E-state index in [0.717, 1.165) is 55.4 Å². The maximum Gasteiger partial charge on any atom is 0.160 e. The molecule has 8 heteroatoms. The Bertz CT molecular complexity index is 282. The number of hydrogen-bond donors (Lipinski definition) is 1. The molecule has 3 unspecified atom stereocenters. The molecule has 0 heterocycles. The second kappa shape index (κ2) is 20.4. The second-order valence-corrected chi connectivity index (χ2v) is 8.95. The molecule has 0 spiro atoms. The summed E-state index contributed by atoms with van der Waals surface area (Å²) in [6, 6.07) is 0. The number of ether oxygens (including phenoxy) is 5. The van der Waals surface area contributed by atoms with Crippen LogP contribution in [0, 0.1) is 0 Å². The average molecular weight is 413 g/mol. The predicted molar refractivity (Wildman–Crippen MR) is 114 cm³/mol. The summed E-state index contributed by atoms with van der Waals surface area (Å²) in [6.07, 6.45) is 10.2. The molecule has 0 radical (unpaired) electrons. The summed E-state index contributed by atoms with van der Waals surface area (Å²) in [7, 11) is 8.52. The van der Waals surface area contributed by atoms with Gasteiger partial charge in [-0.25, -0.2) is 0 Å². The second-order valence-electron chi connectivity index (χ2n) is 6.13. The monoisotopic (exact) mass is 413 g/mol. The van der Waals surface area contributed by atoms with Crippen LogP contribution < -0.4 is 5.73 Å². The van der Waals surface area contributed by atoms with E-state index in [1.165, 1.54) is 25.2 Å². The van der Waals surface area contributed by atoms with Gasteiger partial charge in [-0.3, -0.25) is 0 Å². The molecule has 0 rings (SSSR count).